The summed E-state index contributed by atoms with van der Waals surface area (Å²) in [5.74, 6) is 0. The normalized spacial score (nSPS) is 15.5. The Labute approximate surface area is 107 Å². The summed E-state index contributed by atoms with van der Waals surface area (Å²) >= 11 is 5.69. The van der Waals surface area contributed by atoms with Crippen LogP contribution in [0.4, 0.5) is 0 Å². The second-order valence-corrected chi connectivity index (χ2v) is 6.25. The highest BCUT2D eigenvalue weighted by molar-refractivity contribution is 7.89. The summed E-state index contributed by atoms with van der Waals surface area (Å²) in [6.07, 6.45) is 0.496. The zero-order valence-corrected chi connectivity index (χ0v) is 11.3. The number of aliphatic hydroxyl groups is 1. The van der Waals surface area contributed by atoms with Crippen LogP contribution in [-0.2, 0) is 10.0 Å². The lowest BCUT2D eigenvalue weighted by Crippen LogP contribution is -2.48. The molecule has 1 rings (SSSR count). The van der Waals surface area contributed by atoms with E-state index in [1.807, 2.05) is 0 Å². The molecule has 0 heterocycles. The zero-order valence-electron chi connectivity index (χ0n) is 9.77. The van der Waals surface area contributed by atoms with E-state index in [2.05, 4.69) is 4.72 Å². The van der Waals surface area contributed by atoms with Crippen LogP contribution < -0.4 is 4.72 Å². The van der Waals surface area contributed by atoms with Crippen molar-refractivity contribution in [1.82, 2.24) is 4.72 Å². The maximum absolute atomic E-state index is 12.0. The average molecular weight is 278 g/mol. The van der Waals surface area contributed by atoms with Crippen molar-refractivity contribution < 1.29 is 13.5 Å². The first kappa shape index (κ1) is 14.4. The predicted molar refractivity (Wildman–Crippen MR) is 67.6 cm³/mol. The van der Waals surface area contributed by atoms with E-state index in [4.69, 9.17) is 11.6 Å². The van der Waals surface area contributed by atoms with Gasteiger partial charge >= 0.3 is 0 Å². The minimum atomic E-state index is -3.63. The summed E-state index contributed by atoms with van der Waals surface area (Å²) in [6, 6.07) is 5.88. The Morgan fingerprint density at radius 3 is 2.29 bits per heavy atom. The second-order valence-electron chi connectivity index (χ2n) is 4.13. The van der Waals surface area contributed by atoms with E-state index in [0.29, 0.717) is 11.4 Å². The number of nitrogens with one attached hydrogen (secondary N) is 1. The van der Waals surface area contributed by atoms with Crippen molar-refractivity contribution in [3.05, 3.63) is 29.3 Å². The van der Waals surface area contributed by atoms with Crippen molar-refractivity contribution >= 4 is 21.6 Å². The third-order valence-electron chi connectivity index (χ3n) is 2.63. The Morgan fingerprint density at radius 2 is 1.88 bits per heavy atom. The number of sulfonamides is 1. The van der Waals surface area contributed by atoms with Gasteiger partial charge in [-0.1, -0.05) is 18.5 Å². The van der Waals surface area contributed by atoms with Crippen molar-refractivity contribution in [3.63, 3.8) is 0 Å². The van der Waals surface area contributed by atoms with E-state index < -0.39 is 15.6 Å². The van der Waals surface area contributed by atoms with Crippen molar-refractivity contribution in [1.29, 1.82) is 0 Å². The smallest absolute Gasteiger partial charge is 0.241 e. The molecule has 0 unspecified atom stereocenters. The van der Waals surface area contributed by atoms with Crippen LogP contribution in [0.25, 0.3) is 0 Å². The summed E-state index contributed by atoms with van der Waals surface area (Å²) in [4.78, 5) is 0.134. The summed E-state index contributed by atoms with van der Waals surface area (Å²) in [6.45, 7) is 3.21. The van der Waals surface area contributed by atoms with E-state index in [0.717, 1.165) is 0 Å². The fourth-order valence-electron chi connectivity index (χ4n) is 1.21. The maximum Gasteiger partial charge on any atom is 0.241 e. The van der Waals surface area contributed by atoms with Crippen LogP contribution in [0.15, 0.2) is 29.2 Å². The van der Waals surface area contributed by atoms with Gasteiger partial charge in [0.05, 0.1) is 17.0 Å². The van der Waals surface area contributed by atoms with Crippen LogP contribution in [0.1, 0.15) is 20.3 Å². The Kier molecular flexibility index (Phi) is 4.55. The van der Waals surface area contributed by atoms with Crippen LogP contribution in [0.5, 0.6) is 0 Å². The summed E-state index contributed by atoms with van der Waals surface area (Å²) in [5, 5.41) is 9.67. The molecule has 1 aromatic carbocycles. The van der Waals surface area contributed by atoms with E-state index >= 15 is 0 Å². The average Bonchev–Trinajstić information content (AvgIpc) is 2.29. The highest BCUT2D eigenvalue weighted by Gasteiger charge is 2.28. The molecule has 2 N–H and O–H groups in total. The Hall–Kier alpha value is -0.620. The van der Waals surface area contributed by atoms with Crippen LogP contribution >= 0.6 is 11.6 Å². The van der Waals surface area contributed by atoms with Gasteiger partial charge in [0.1, 0.15) is 0 Å². The lowest BCUT2D eigenvalue weighted by Gasteiger charge is -2.26. The number of hydrogen-bond donors (Lipinski definition) is 2. The number of rotatable bonds is 5. The maximum atomic E-state index is 12.0. The molecule has 17 heavy (non-hydrogen) atoms. The molecule has 0 saturated carbocycles. The monoisotopic (exact) mass is 277 g/mol. The lowest BCUT2D eigenvalue weighted by molar-refractivity contribution is 0.191. The number of benzene rings is 1. The van der Waals surface area contributed by atoms with Gasteiger partial charge in [-0.15, -0.1) is 0 Å². The quantitative estimate of drug-likeness (QED) is 0.862. The third kappa shape index (κ3) is 3.67. The van der Waals surface area contributed by atoms with Crippen LogP contribution in [-0.4, -0.2) is 25.7 Å². The molecule has 0 aromatic heterocycles. The van der Waals surface area contributed by atoms with Crippen molar-refractivity contribution in [2.75, 3.05) is 6.61 Å². The molecule has 0 spiro atoms. The Morgan fingerprint density at radius 1 is 1.35 bits per heavy atom. The standard InChI is InChI=1S/C11H16ClNO3S/c1-3-11(2,8-14)13-17(15,16)10-6-4-9(12)5-7-10/h4-7,13-14H,3,8H2,1-2H3/t11-/m1/s1. The minimum absolute atomic E-state index is 0.134. The third-order valence-corrected chi connectivity index (χ3v) is 4.54. The lowest BCUT2D eigenvalue weighted by atomic mass is 10.0. The fraction of sp³-hybridized carbons (Fsp3) is 0.455. The first-order chi connectivity index (χ1) is 7.83. The largest absolute Gasteiger partial charge is 0.394 e. The van der Waals surface area contributed by atoms with Gasteiger partial charge in [0.25, 0.3) is 0 Å². The Balaban J connectivity index is 3.00. The first-order valence-corrected chi connectivity index (χ1v) is 7.09. The van der Waals surface area contributed by atoms with Gasteiger partial charge in [-0.05, 0) is 37.6 Å². The molecule has 96 valence electrons. The SMILES string of the molecule is CC[C@](C)(CO)NS(=O)(=O)c1ccc(Cl)cc1. The number of aliphatic hydroxyl groups excluding tert-OH is 1. The van der Waals surface area contributed by atoms with E-state index in [1.165, 1.54) is 24.3 Å². The number of halogens is 1. The van der Waals surface area contributed by atoms with Gasteiger partial charge in [-0.2, -0.15) is 0 Å². The molecule has 0 aliphatic carbocycles. The molecule has 1 aromatic rings. The van der Waals surface area contributed by atoms with Gasteiger partial charge < -0.3 is 5.11 Å². The second kappa shape index (κ2) is 5.35. The van der Waals surface area contributed by atoms with Crippen LogP contribution in [0.2, 0.25) is 5.02 Å². The van der Waals surface area contributed by atoms with Crippen LogP contribution in [0, 0.1) is 0 Å². The Bertz CT molecular complexity index is 466. The van der Waals surface area contributed by atoms with Gasteiger partial charge in [-0.25, -0.2) is 13.1 Å². The van der Waals surface area contributed by atoms with Gasteiger partial charge in [0.15, 0.2) is 0 Å². The first-order valence-electron chi connectivity index (χ1n) is 5.23. The number of hydrogen-bond acceptors (Lipinski definition) is 3. The molecule has 1 atom stereocenters. The summed E-state index contributed by atoms with van der Waals surface area (Å²) in [5.41, 5.74) is -0.849. The summed E-state index contributed by atoms with van der Waals surface area (Å²) < 4.78 is 26.5. The molecule has 0 aliphatic heterocycles. The molecule has 6 heteroatoms. The topological polar surface area (TPSA) is 66.4 Å². The minimum Gasteiger partial charge on any atom is -0.394 e. The van der Waals surface area contributed by atoms with Gasteiger partial charge in [-0.3, -0.25) is 0 Å². The van der Waals surface area contributed by atoms with Crippen molar-refractivity contribution in [3.8, 4) is 0 Å². The molecule has 0 amide bonds. The van der Waals surface area contributed by atoms with Crippen molar-refractivity contribution in [2.24, 2.45) is 0 Å². The van der Waals surface area contributed by atoms with Gasteiger partial charge in [0.2, 0.25) is 10.0 Å². The van der Waals surface area contributed by atoms with E-state index in [9.17, 15) is 13.5 Å². The van der Waals surface area contributed by atoms with Gasteiger partial charge in [0, 0.05) is 5.02 Å². The molecule has 0 fully saturated rings. The van der Waals surface area contributed by atoms with E-state index in [1.54, 1.807) is 13.8 Å². The molecule has 0 saturated heterocycles. The molecular weight excluding hydrogens is 262 g/mol. The zero-order chi connectivity index (χ0) is 13.1. The molecule has 4 nitrogen and oxygen atoms in total. The molecule has 0 bridgehead atoms. The fourth-order valence-corrected chi connectivity index (χ4v) is 2.81. The summed E-state index contributed by atoms with van der Waals surface area (Å²) in [7, 11) is -3.63. The van der Waals surface area contributed by atoms with Crippen LogP contribution in [0.3, 0.4) is 0 Å². The highest BCUT2D eigenvalue weighted by atomic mass is 35.5. The highest BCUT2D eigenvalue weighted by Crippen LogP contribution is 2.17. The molecule has 0 aliphatic rings. The molecule has 0 radical (unpaired) electrons. The predicted octanol–water partition coefficient (Wildman–Crippen LogP) is 1.78. The van der Waals surface area contributed by atoms with E-state index in [-0.39, 0.29) is 11.5 Å². The molecular formula is C11H16ClNO3S. The van der Waals surface area contributed by atoms with Crippen molar-refractivity contribution in [2.45, 2.75) is 30.7 Å².